The van der Waals surface area contributed by atoms with Crippen molar-refractivity contribution in [3.63, 3.8) is 0 Å². The summed E-state index contributed by atoms with van der Waals surface area (Å²) in [6.07, 6.45) is -1.05. The van der Waals surface area contributed by atoms with E-state index in [2.05, 4.69) is 5.10 Å². The second-order valence-corrected chi connectivity index (χ2v) is 9.90. The highest BCUT2D eigenvalue weighted by Crippen LogP contribution is 2.40. The van der Waals surface area contributed by atoms with Gasteiger partial charge in [-0.3, -0.25) is 4.68 Å². The molecule has 1 aromatic carbocycles. The molecule has 180 valence electrons. The molecule has 0 amide bonds. The molecule has 2 aromatic heterocycles. The zero-order valence-corrected chi connectivity index (χ0v) is 18.4. The van der Waals surface area contributed by atoms with Crippen molar-refractivity contribution in [2.75, 3.05) is 0 Å². The number of halogens is 6. The molecule has 0 unspecified atom stereocenters. The standard InChI is InChI=1S/C21H21F6N3O2S/c1-2-29-17(12-19(28-29)20(22,23)24)14-8-9-16-15(10-14)11-18(13-6-4-3-5-7-13)30(16)33(31,32)21(25,26)27/h8-13H,2-7H2,1H3. The lowest BCUT2D eigenvalue weighted by molar-refractivity contribution is -0.141. The molecule has 0 N–H and O–H groups in total. The number of hydrogen-bond acceptors (Lipinski definition) is 3. The molecule has 0 radical (unpaired) electrons. The second kappa shape index (κ2) is 8.07. The summed E-state index contributed by atoms with van der Waals surface area (Å²) >= 11 is 0. The van der Waals surface area contributed by atoms with Crippen molar-refractivity contribution < 1.29 is 34.8 Å². The molecular formula is C21H21F6N3O2S. The van der Waals surface area contributed by atoms with Crippen LogP contribution in [0, 0.1) is 0 Å². The second-order valence-electron chi connectivity index (χ2n) is 8.12. The maximum atomic E-state index is 13.5. The van der Waals surface area contributed by atoms with Gasteiger partial charge >= 0.3 is 21.7 Å². The van der Waals surface area contributed by atoms with Crippen LogP contribution in [0.1, 0.15) is 56.3 Å². The van der Waals surface area contributed by atoms with Crippen LogP contribution in [0.4, 0.5) is 26.3 Å². The minimum absolute atomic E-state index is 0.0548. The number of benzene rings is 1. The van der Waals surface area contributed by atoms with Gasteiger partial charge in [0, 0.05) is 29.1 Å². The molecule has 5 nitrogen and oxygen atoms in total. The molecule has 3 aromatic rings. The molecule has 12 heteroatoms. The molecule has 1 fully saturated rings. The van der Waals surface area contributed by atoms with Crippen LogP contribution in [-0.2, 0) is 22.7 Å². The Balaban J connectivity index is 1.92. The zero-order valence-electron chi connectivity index (χ0n) is 17.5. The third-order valence-electron chi connectivity index (χ3n) is 6.01. The third-order valence-corrected chi connectivity index (χ3v) is 7.48. The van der Waals surface area contributed by atoms with E-state index in [1.54, 1.807) is 6.92 Å². The largest absolute Gasteiger partial charge is 0.517 e. The first-order valence-electron chi connectivity index (χ1n) is 10.5. The Labute approximate surface area is 186 Å². The molecule has 0 spiro atoms. The minimum Gasteiger partial charge on any atom is -0.265 e. The van der Waals surface area contributed by atoms with Crippen molar-refractivity contribution in [3.05, 3.63) is 41.7 Å². The molecule has 4 rings (SSSR count). The smallest absolute Gasteiger partial charge is 0.265 e. The fourth-order valence-electron chi connectivity index (χ4n) is 4.45. The molecule has 0 aliphatic heterocycles. The maximum Gasteiger partial charge on any atom is 0.517 e. The predicted octanol–water partition coefficient (Wildman–Crippen LogP) is 6.29. The summed E-state index contributed by atoms with van der Waals surface area (Å²) in [5.41, 5.74) is -6.25. The number of rotatable bonds is 4. The highest BCUT2D eigenvalue weighted by molar-refractivity contribution is 7.91. The number of hydrogen-bond donors (Lipinski definition) is 0. The maximum absolute atomic E-state index is 13.5. The first-order valence-corrected chi connectivity index (χ1v) is 11.9. The summed E-state index contributed by atoms with van der Waals surface area (Å²) in [6.45, 7) is 1.75. The van der Waals surface area contributed by atoms with Crippen LogP contribution >= 0.6 is 0 Å². The van der Waals surface area contributed by atoms with Crippen molar-refractivity contribution >= 4 is 20.9 Å². The number of nitrogens with zero attached hydrogens (tertiary/aromatic N) is 3. The van der Waals surface area contributed by atoms with Crippen molar-refractivity contribution in [2.45, 2.75) is 63.2 Å². The molecule has 0 atom stereocenters. The van der Waals surface area contributed by atoms with E-state index in [9.17, 15) is 34.8 Å². The topological polar surface area (TPSA) is 56.9 Å². The summed E-state index contributed by atoms with van der Waals surface area (Å²) in [7, 11) is -5.69. The Bertz CT molecular complexity index is 1280. The Morgan fingerprint density at radius 3 is 2.24 bits per heavy atom. The fourth-order valence-corrected chi connectivity index (χ4v) is 5.57. The van der Waals surface area contributed by atoms with Gasteiger partial charge in [0.15, 0.2) is 5.69 Å². The summed E-state index contributed by atoms with van der Waals surface area (Å²) in [4.78, 5) is 0. The van der Waals surface area contributed by atoms with E-state index in [1.165, 1.54) is 24.3 Å². The molecule has 1 aliphatic carbocycles. The summed E-state index contributed by atoms with van der Waals surface area (Å²) in [6, 6.07) is 6.22. The quantitative estimate of drug-likeness (QED) is 0.402. The average molecular weight is 493 g/mol. The molecular weight excluding hydrogens is 472 g/mol. The molecule has 1 aliphatic rings. The lowest BCUT2D eigenvalue weighted by atomic mass is 9.87. The van der Waals surface area contributed by atoms with Gasteiger partial charge < -0.3 is 0 Å². The van der Waals surface area contributed by atoms with E-state index >= 15 is 0 Å². The van der Waals surface area contributed by atoms with Gasteiger partial charge in [-0.15, -0.1) is 0 Å². The Morgan fingerprint density at radius 1 is 1.00 bits per heavy atom. The van der Waals surface area contributed by atoms with Gasteiger partial charge in [0.1, 0.15) is 0 Å². The van der Waals surface area contributed by atoms with Gasteiger partial charge in [-0.2, -0.15) is 39.9 Å². The molecule has 0 saturated heterocycles. The molecule has 33 heavy (non-hydrogen) atoms. The van der Waals surface area contributed by atoms with Crippen LogP contribution in [0.25, 0.3) is 22.2 Å². The third kappa shape index (κ3) is 4.13. The van der Waals surface area contributed by atoms with E-state index in [0.29, 0.717) is 22.4 Å². The first-order chi connectivity index (χ1) is 15.3. The monoisotopic (exact) mass is 493 g/mol. The van der Waals surface area contributed by atoms with Crippen LogP contribution < -0.4 is 0 Å². The highest BCUT2D eigenvalue weighted by Gasteiger charge is 2.49. The van der Waals surface area contributed by atoms with Gasteiger partial charge in [-0.25, -0.2) is 3.97 Å². The normalized spacial score (nSPS) is 16.6. The Hall–Kier alpha value is -2.50. The van der Waals surface area contributed by atoms with E-state index in [1.807, 2.05) is 0 Å². The number of aryl methyl sites for hydroxylation is 1. The van der Waals surface area contributed by atoms with E-state index in [-0.39, 0.29) is 34.8 Å². The van der Waals surface area contributed by atoms with Crippen LogP contribution in [-0.4, -0.2) is 27.7 Å². The van der Waals surface area contributed by atoms with Gasteiger partial charge in [0.25, 0.3) is 0 Å². The fraction of sp³-hybridized carbons (Fsp3) is 0.476. The lowest BCUT2D eigenvalue weighted by Gasteiger charge is -2.24. The van der Waals surface area contributed by atoms with E-state index < -0.39 is 27.4 Å². The van der Waals surface area contributed by atoms with Gasteiger partial charge in [-0.1, -0.05) is 25.3 Å². The van der Waals surface area contributed by atoms with Crippen LogP contribution in [0.15, 0.2) is 30.3 Å². The van der Waals surface area contributed by atoms with Gasteiger partial charge in [-0.05, 0) is 44.0 Å². The van der Waals surface area contributed by atoms with Crippen molar-refractivity contribution in [3.8, 4) is 11.3 Å². The Morgan fingerprint density at radius 2 is 1.67 bits per heavy atom. The average Bonchev–Trinajstić information content (AvgIpc) is 3.35. The van der Waals surface area contributed by atoms with Crippen LogP contribution in [0.2, 0.25) is 0 Å². The van der Waals surface area contributed by atoms with Crippen LogP contribution in [0.3, 0.4) is 0 Å². The Kier molecular flexibility index (Phi) is 5.78. The number of aromatic nitrogens is 3. The number of fused-ring (bicyclic) bond motifs is 1. The molecule has 0 bridgehead atoms. The van der Waals surface area contributed by atoms with Crippen molar-refractivity contribution in [1.82, 2.24) is 13.8 Å². The lowest BCUT2D eigenvalue weighted by Crippen LogP contribution is -2.31. The molecule has 2 heterocycles. The SMILES string of the molecule is CCn1nc(C(F)(F)F)cc1-c1ccc2c(c1)cc(C1CCCCC1)n2S(=O)(=O)C(F)(F)F. The summed E-state index contributed by atoms with van der Waals surface area (Å²) < 4.78 is 106. The van der Waals surface area contributed by atoms with Gasteiger partial charge in [0.05, 0.1) is 11.2 Å². The van der Waals surface area contributed by atoms with Gasteiger partial charge in [0.2, 0.25) is 0 Å². The predicted molar refractivity (Wildman–Crippen MR) is 110 cm³/mol. The van der Waals surface area contributed by atoms with Crippen LogP contribution in [0.5, 0.6) is 0 Å². The van der Waals surface area contributed by atoms with E-state index in [4.69, 9.17) is 0 Å². The number of alkyl halides is 6. The first kappa shape index (κ1) is 23.7. The van der Waals surface area contributed by atoms with E-state index in [0.717, 1.165) is 30.0 Å². The summed E-state index contributed by atoms with van der Waals surface area (Å²) in [5.74, 6) is -0.357. The highest BCUT2D eigenvalue weighted by atomic mass is 32.2. The van der Waals surface area contributed by atoms with Crippen molar-refractivity contribution in [1.29, 1.82) is 0 Å². The minimum atomic E-state index is -5.69. The zero-order chi connectivity index (χ0) is 24.2. The molecule has 1 saturated carbocycles. The van der Waals surface area contributed by atoms with Crippen molar-refractivity contribution in [2.24, 2.45) is 0 Å². The summed E-state index contributed by atoms with van der Waals surface area (Å²) in [5, 5.41) is 3.77.